The van der Waals surface area contributed by atoms with Gasteiger partial charge in [0.2, 0.25) is 0 Å². The van der Waals surface area contributed by atoms with E-state index in [0.29, 0.717) is 11.9 Å². The summed E-state index contributed by atoms with van der Waals surface area (Å²) in [6.45, 7) is 0.664. The average molecular weight is 252 g/mol. The molecule has 0 heterocycles. The fourth-order valence-corrected chi connectivity index (χ4v) is 3.44. The number of benzene rings is 1. The zero-order valence-corrected chi connectivity index (χ0v) is 11.1. The quantitative estimate of drug-likeness (QED) is 0.892. The van der Waals surface area contributed by atoms with E-state index in [0.717, 1.165) is 12.8 Å². The van der Waals surface area contributed by atoms with Gasteiger partial charge in [-0.3, -0.25) is 0 Å². The second-order valence-electron chi connectivity index (χ2n) is 4.59. The third kappa shape index (κ3) is 3.73. The fourth-order valence-electron chi connectivity index (χ4n) is 2.22. The van der Waals surface area contributed by atoms with Crippen LogP contribution < -0.4 is 0 Å². The van der Waals surface area contributed by atoms with Gasteiger partial charge in [0, 0.05) is 17.3 Å². The lowest BCUT2D eigenvalue weighted by Gasteiger charge is -2.26. The van der Waals surface area contributed by atoms with Gasteiger partial charge in [0.15, 0.2) is 0 Å². The number of aliphatic hydroxyl groups is 1. The standard InChI is InChI=1S/C14H20O2S/c1-16-10-11-6-8-12(9-7-11)17-14-5-3-2-4-13(14)15/h6-9,13-15H,2-5,10H2,1H3. The number of ether oxygens (including phenoxy) is 1. The first kappa shape index (κ1) is 12.9. The largest absolute Gasteiger partial charge is 0.392 e. The van der Waals surface area contributed by atoms with Gasteiger partial charge in [0.25, 0.3) is 0 Å². The van der Waals surface area contributed by atoms with Crippen LogP contribution >= 0.6 is 11.8 Å². The van der Waals surface area contributed by atoms with E-state index < -0.39 is 0 Å². The summed E-state index contributed by atoms with van der Waals surface area (Å²) in [7, 11) is 1.71. The lowest BCUT2D eigenvalue weighted by molar-refractivity contribution is 0.137. The third-order valence-corrected chi connectivity index (χ3v) is 4.59. The van der Waals surface area contributed by atoms with Crippen molar-refractivity contribution in [1.82, 2.24) is 0 Å². The van der Waals surface area contributed by atoms with E-state index in [9.17, 15) is 5.11 Å². The number of aliphatic hydroxyl groups excluding tert-OH is 1. The SMILES string of the molecule is COCc1ccc(SC2CCCCC2O)cc1. The molecule has 0 spiro atoms. The highest BCUT2D eigenvalue weighted by atomic mass is 32.2. The maximum atomic E-state index is 9.93. The van der Waals surface area contributed by atoms with E-state index in [1.807, 2.05) is 11.8 Å². The van der Waals surface area contributed by atoms with Gasteiger partial charge >= 0.3 is 0 Å². The molecule has 1 aliphatic carbocycles. The molecule has 1 aromatic rings. The van der Waals surface area contributed by atoms with Crippen molar-refractivity contribution >= 4 is 11.8 Å². The molecular weight excluding hydrogens is 232 g/mol. The van der Waals surface area contributed by atoms with Crippen molar-refractivity contribution in [2.45, 2.75) is 48.5 Å². The van der Waals surface area contributed by atoms with Crippen LogP contribution in [0.5, 0.6) is 0 Å². The van der Waals surface area contributed by atoms with Gasteiger partial charge in [-0.2, -0.15) is 0 Å². The summed E-state index contributed by atoms with van der Waals surface area (Å²) in [5, 5.41) is 10.3. The first-order valence-electron chi connectivity index (χ1n) is 6.22. The van der Waals surface area contributed by atoms with E-state index in [4.69, 9.17) is 4.74 Å². The smallest absolute Gasteiger partial charge is 0.0713 e. The molecule has 2 nitrogen and oxygen atoms in total. The molecule has 0 aromatic heterocycles. The Balaban J connectivity index is 1.93. The summed E-state index contributed by atoms with van der Waals surface area (Å²) >= 11 is 1.81. The summed E-state index contributed by atoms with van der Waals surface area (Å²) in [6.07, 6.45) is 4.37. The number of hydrogen-bond donors (Lipinski definition) is 1. The van der Waals surface area contributed by atoms with Gasteiger partial charge in [-0.15, -0.1) is 11.8 Å². The maximum absolute atomic E-state index is 9.93. The minimum absolute atomic E-state index is 0.132. The highest BCUT2D eigenvalue weighted by Gasteiger charge is 2.23. The van der Waals surface area contributed by atoms with Crippen molar-refractivity contribution in [3.63, 3.8) is 0 Å². The Labute approximate surface area is 107 Å². The van der Waals surface area contributed by atoms with Crippen molar-refractivity contribution in [1.29, 1.82) is 0 Å². The first-order chi connectivity index (χ1) is 8.29. The van der Waals surface area contributed by atoms with E-state index in [1.54, 1.807) is 7.11 Å². The lowest BCUT2D eigenvalue weighted by Crippen LogP contribution is -2.26. The van der Waals surface area contributed by atoms with Crippen molar-refractivity contribution in [2.75, 3.05) is 7.11 Å². The van der Waals surface area contributed by atoms with Crippen LogP contribution in [-0.4, -0.2) is 23.6 Å². The second-order valence-corrected chi connectivity index (χ2v) is 5.90. The molecule has 1 fully saturated rings. The van der Waals surface area contributed by atoms with Crippen LogP contribution in [0.25, 0.3) is 0 Å². The van der Waals surface area contributed by atoms with Crippen LogP contribution in [0.4, 0.5) is 0 Å². The fraction of sp³-hybridized carbons (Fsp3) is 0.571. The number of methoxy groups -OCH3 is 1. The highest BCUT2D eigenvalue weighted by Crippen LogP contribution is 2.33. The molecule has 1 N–H and O–H groups in total. The molecule has 1 aliphatic rings. The van der Waals surface area contributed by atoms with Crippen LogP contribution in [0.15, 0.2) is 29.2 Å². The van der Waals surface area contributed by atoms with Gasteiger partial charge in [-0.05, 0) is 30.5 Å². The van der Waals surface area contributed by atoms with E-state index in [1.165, 1.54) is 23.3 Å². The van der Waals surface area contributed by atoms with Crippen molar-refractivity contribution in [3.05, 3.63) is 29.8 Å². The Hall–Kier alpha value is -0.510. The molecule has 2 rings (SSSR count). The van der Waals surface area contributed by atoms with Crippen LogP contribution in [0.2, 0.25) is 0 Å². The molecular formula is C14H20O2S. The normalized spacial score (nSPS) is 24.8. The molecule has 94 valence electrons. The Kier molecular flexibility index (Phi) is 4.89. The minimum atomic E-state index is -0.132. The first-order valence-corrected chi connectivity index (χ1v) is 7.10. The average Bonchev–Trinajstić information content (AvgIpc) is 2.35. The van der Waals surface area contributed by atoms with Gasteiger partial charge < -0.3 is 9.84 Å². The van der Waals surface area contributed by atoms with Crippen molar-refractivity contribution in [3.8, 4) is 0 Å². The van der Waals surface area contributed by atoms with Crippen LogP contribution in [0.3, 0.4) is 0 Å². The zero-order valence-electron chi connectivity index (χ0n) is 10.3. The van der Waals surface area contributed by atoms with Gasteiger partial charge in [0.05, 0.1) is 12.7 Å². The molecule has 0 saturated heterocycles. The summed E-state index contributed by atoms with van der Waals surface area (Å²) < 4.78 is 5.09. The third-order valence-electron chi connectivity index (χ3n) is 3.19. The topological polar surface area (TPSA) is 29.5 Å². The Bertz CT molecular complexity index is 337. The van der Waals surface area contributed by atoms with Gasteiger partial charge in [-0.25, -0.2) is 0 Å². The number of hydrogen-bond acceptors (Lipinski definition) is 3. The monoisotopic (exact) mass is 252 g/mol. The van der Waals surface area contributed by atoms with Crippen LogP contribution in [-0.2, 0) is 11.3 Å². The second kappa shape index (κ2) is 6.43. The molecule has 1 saturated carbocycles. The maximum Gasteiger partial charge on any atom is 0.0713 e. The Morgan fingerprint density at radius 3 is 2.59 bits per heavy atom. The highest BCUT2D eigenvalue weighted by molar-refractivity contribution is 8.00. The molecule has 0 amide bonds. The van der Waals surface area contributed by atoms with Crippen LogP contribution in [0, 0.1) is 0 Å². The molecule has 1 aromatic carbocycles. The van der Waals surface area contributed by atoms with E-state index >= 15 is 0 Å². The molecule has 3 heteroatoms. The van der Waals surface area contributed by atoms with E-state index in [2.05, 4.69) is 24.3 Å². The predicted octanol–water partition coefficient (Wildman–Crippen LogP) is 3.23. The van der Waals surface area contributed by atoms with Gasteiger partial charge in [-0.1, -0.05) is 25.0 Å². The molecule has 0 radical (unpaired) electrons. The molecule has 17 heavy (non-hydrogen) atoms. The van der Waals surface area contributed by atoms with Crippen LogP contribution in [0.1, 0.15) is 31.2 Å². The Morgan fingerprint density at radius 2 is 1.94 bits per heavy atom. The molecule has 2 unspecified atom stereocenters. The summed E-state index contributed by atoms with van der Waals surface area (Å²) in [4.78, 5) is 1.25. The number of thioether (sulfide) groups is 1. The minimum Gasteiger partial charge on any atom is -0.392 e. The Morgan fingerprint density at radius 1 is 1.24 bits per heavy atom. The molecule has 0 aliphatic heterocycles. The lowest BCUT2D eigenvalue weighted by atomic mass is 9.97. The molecule has 0 bridgehead atoms. The van der Waals surface area contributed by atoms with Crippen molar-refractivity contribution in [2.24, 2.45) is 0 Å². The predicted molar refractivity (Wildman–Crippen MR) is 71.3 cm³/mol. The summed E-state index contributed by atoms with van der Waals surface area (Å²) in [5.74, 6) is 0. The van der Waals surface area contributed by atoms with Crippen molar-refractivity contribution < 1.29 is 9.84 Å². The summed E-state index contributed by atoms with van der Waals surface area (Å²) in [5.41, 5.74) is 1.20. The van der Waals surface area contributed by atoms with Gasteiger partial charge in [0.1, 0.15) is 0 Å². The molecule has 2 atom stereocenters. The number of rotatable bonds is 4. The van der Waals surface area contributed by atoms with E-state index in [-0.39, 0.29) is 6.10 Å². The summed E-state index contributed by atoms with van der Waals surface area (Å²) in [6, 6.07) is 8.45. The zero-order chi connectivity index (χ0) is 12.1.